The highest BCUT2D eigenvalue weighted by molar-refractivity contribution is 5.20. The summed E-state index contributed by atoms with van der Waals surface area (Å²) in [5.41, 5.74) is 2.01. The first-order valence-corrected chi connectivity index (χ1v) is 4.60. The molecule has 0 spiro atoms. The van der Waals surface area contributed by atoms with E-state index in [4.69, 9.17) is 4.74 Å². The molecule has 0 aliphatic carbocycles. The van der Waals surface area contributed by atoms with Gasteiger partial charge in [-0.15, -0.1) is 0 Å². The van der Waals surface area contributed by atoms with Crippen LogP contribution in [0.1, 0.15) is 32.0 Å². The number of methoxy groups -OCH3 is 1. The molecule has 2 nitrogen and oxygen atoms in total. The van der Waals surface area contributed by atoms with Gasteiger partial charge in [0.25, 0.3) is 0 Å². The summed E-state index contributed by atoms with van der Waals surface area (Å²) in [5.74, 6) is 0. The first-order valence-electron chi connectivity index (χ1n) is 4.60. The summed E-state index contributed by atoms with van der Waals surface area (Å²) in [6.07, 6.45) is 2.88. The SMILES string of the molecule is CCc1ccnc(C(C)(C)OC)c1. The average molecular weight is 179 g/mol. The van der Waals surface area contributed by atoms with E-state index in [1.54, 1.807) is 7.11 Å². The fraction of sp³-hybridized carbons (Fsp3) is 0.545. The van der Waals surface area contributed by atoms with Gasteiger partial charge in [0, 0.05) is 13.3 Å². The largest absolute Gasteiger partial charge is 0.373 e. The summed E-state index contributed by atoms with van der Waals surface area (Å²) in [4.78, 5) is 4.30. The number of nitrogens with zero attached hydrogens (tertiary/aromatic N) is 1. The second-order valence-corrected chi connectivity index (χ2v) is 3.62. The molecule has 0 atom stereocenters. The van der Waals surface area contributed by atoms with Crippen LogP contribution < -0.4 is 0 Å². The highest BCUT2D eigenvalue weighted by atomic mass is 16.5. The number of ether oxygens (including phenoxy) is 1. The predicted molar refractivity (Wildman–Crippen MR) is 53.7 cm³/mol. The molecule has 1 rings (SSSR count). The Kier molecular flexibility index (Phi) is 3.04. The van der Waals surface area contributed by atoms with Crippen molar-refractivity contribution in [3.05, 3.63) is 29.6 Å². The Labute approximate surface area is 80.0 Å². The topological polar surface area (TPSA) is 22.1 Å². The molecular weight excluding hydrogens is 162 g/mol. The van der Waals surface area contributed by atoms with Gasteiger partial charge in [-0.1, -0.05) is 6.92 Å². The van der Waals surface area contributed by atoms with Crippen LogP contribution in [0.4, 0.5) is 0 Å². The second kappa shape index (κ2) is 3.88. The van der Waals surface area contributed by atoms with Gasteiger partial charge in [0.2, 0.25) is 0 Å². The van der Waals surface area contributed by atoms with E-state index in [0.717, 1.165) is 12.1 Å². The van der Waals surface area contributed by atoms with E-state index in [0.29, 0.717) is 0 Å². The van der Waals surface area contributed by atoms with Crippen molar-refractivity contribution in [1.82, 2.24) is 4.98 Å². The quantitative estimate of drug-likeness (QED) is 0.711. The molecule has 13 heavy (non-hydrogen) atoms. The molecule has 2 heteroatoms. The predicted octanol–water partition coefficient (Wildman–Crippen LogP) is 2.53. The van der Waals surface area contributed by atoms with Gasteiger partial charge in [-0.2, -0.15) is 0 Å². The summed E-state index contributed by atoms with van der Waals surface area (Å²) < 4.78 is 5.36. The molecule has 0 fully saturated rings. The minimum atomic E-state index is -0.287. The zero-order valence-corrected chi connectivity index (χ0v) is 8.79. The van der Waals surface area contributed by atoms with Gasteiger partial charge < -0.3 is 4.74 Å². The Morgan fingerprint density at radius 3 is 2.69 bits per heavy atom. The molecule has 0 aliphatic heterocycles. The van der Waals surface area contributed by atoms with Crippen molar-refractivity contribution in [1.29, 1.82) is 0 Å². The van der Waals surface area contributed by atoms with E-state index in [1.165, 1.54) is 5.56 Å². The summed E-state index contributed by atoms with van der Waals surface area (Å²) in [6.45, 7) is 6.18. The van der Waals surface area contributed by atoms with E-state index in [9.17, 15) is 0 Å². The Hall–Kier alpha value is -0.890. The van der Waals surface area contributed by atoms with E-state index >= 15 is 0 Å². The molecule has 72 valence electrons. The van der Waals surface area contributed by atoms with Crippen LogP contribution in [-0.4, -0.2) is 12.1 Å². The van der Waals surface area contributed by atoms with Gasteiger partial charge in [-0.05, 0) is 38.0 Å². The van der Waals surface area contributed by atoms with Crippen molar-refractivity contribution in [3.63, 3.8) is 0 Å². The standard InChI is InChI=1S/C11H17NO/c1-5-9-6-7-12-10(8-9)11(2,3)13-4/h6-8H,5H2,1-4H3. The van der Waals surface area contributed by atoms with Crippen LogP contribution in [0.3, 0.4) is 0 Å². The molecule has 1 heterocycles. The van der Waals surface area contributed by atoms with E-state index in [1.807, 2.05) is 26.1 Å². The maximum Gasteiger partial charge on any atom is 0.104 e. The maximum atomic E-state index is 5.36. The lowest BCUT2D eigenvalue weighted by molar-refractivity contribution is 0.0154. The number of hydrogen-bond donors (Lipinski definition) is 0. The normalized spacial score (nSPS) is 11.7. The monoisotopic (exact) mass is 179 g/mol. The number of aromatic nitrogens is 1. The molecule has 1 aromatic rings. The van der Waals surface area contributed by atoms with Crippen LogP contribution >= 0.6 is 0 Å². The summed E-state index contributed by atoms with van der Waals surface area (Å²) in [7, 11) is 1.71. The second-order valence-electron chi connectivity index (χ2n) is 3.62. The smallest absolute Gasteiger partial charge is 0.104 e. The van der Waals surface area contributed by atoms with Crippen LogP contribution in [0.25, 0.3) is 0 Å². The molecule has 1 aromatic heterocycles. The first-order chi connectivity index (χ1) is 6.10. The Bertz CT molecular complexity index is 281. The summed E-state index contributed by atoms with van der Waals surface area (Å²) in [6, 6.07) is 4.14. The molecule has 0 aliphatic rings. The van der Waals surface area contributed by atoms with Crippen LogP contribution in [-0.2, 0) is 16.8 Å². The zero-order valence-electron chi connectivity index (χ0n) is 8.79. The van der Waals surface area contributed by atoms with Crippen molar-refractivity contribution >= 4 is 0 Å². The molecule has 0 amide bonds. The van der Waals surface area contributed by atoms with E-state index < -0.39 is 0 Å². The van der Waals surface area contributed by atoms with Gasteiger partial charge in [0.05, 0.1) is 5.69 Å². The van der Waals surface area contributed by atoms with Crippen molar-refractivity contribution in [2.75, 3.05) is 7.11 Å². The van der Waals surface area contributed by atoms with Gasteiger partial charge >= 0.3 is 0 Å². The minimum Gasteiger partial charge on any atom is -0.373 e. The van der Waals surface area contributed by atoms with E-state index in [2.05, 4.69) is 18.0 Å². The number of aryl methyl sites for hydroxylation is 1. The highest BCUT2D eigenvalue weighted by Crippen LogP contribution is 2.22. The number of hydrogen-bond acceptors (Lipinski definition) is 2. The summed E-state index contributed by atoms with van der Waals surface area (Å²) in [5, 5.41) is 0. The third-order valence-corrected chi connectivity index (χ3v) is 2.36. The van der Waals surface area contributed by atoms with Crippen molar-refractivity contribution in [2.24, 2.45) is 0 Å². The van der Waals surface area contributed by atoms with Gasteiger partial charge in [-0.3, -0.25) is 4.98 Å². The molecule has 0 saturated carbocycles. The fourth-order valence-corrected chi connectivity index (χ4v) is 1.13. The highest BCUT2D eigenvalue weighted by Gasteiger charge is 2.20. The lowest BCUT2D eigenvalue weighted by atomic mass is 10.0. The Morgan fingerprint density at radius 2 is 2.15 bits per heavy atom. The van der Waals surface area contributed by atoms with Crippen molar-refractivity contribution in [2.45, 2.75) is 32.8 Å². The van der Waals surface area contributed by atoms with Gasteiger partial charge in [0.1, 0.15) is 5.60 Å². The van der Waals surface area contributed by atoms with Crippen LogP contribution in [0.5, 0.6) is 0 Å². The fourth-order valence-electron chi connectivity index (χ4n) is 1.13. The molecule has 0 aromatic carbocycles. The molecule has 0 bridgehead atoms. The lowest BCUT2D eigenvalue weighted by Gasteiger charge is -2.22. The van der Waals surface area contributed by atoms with Gasteiger partial charge in [0.15, 0.2) is 0 Å². The Balaban J connectivity index is 3.01. The summed E-state index contributed by atoms with van der Waals surface area (Å²) >= 11 is 0. The zero-order chi connectivity index (χ0) is 9.90. The van der Waals surface area contributed by atoms with E-state index in [-0.39, 0.29) is 5.60 Å². The average Bonchev–Trinajstić information content (AvgIpc) is 2.18. The third kappa shape index (κ3) is 2.28. The molecular formula is C11H17NO. The van der Waals surface area contributed by atoms with Crippen LogP contribution in [0.2, 0.25) is 0 Å². The Morgan fingerprint density at radius 1 is 1.46 bits per heavy atom. The first kappa shape index (κ1) is 10.2. The van der Waals surface area contributed by atoms with Gasteiger partial charge in [-0.25, -0.2) is 0 Å². The van der Waals surface area contributed by atoms with Crippen molar-refractivity contribution < 1.29 is 4.74 Å². The van der Waals surface area contributed by atoms with Crippen molar-refractivity contribution in [3.8, 4) is 0 Å². The number of pyridine rings is 1. The van der Waals surface area contributed by atoms with Crippen LogP contribution in [0.15, 0.2) is 18.3 Å². The third-order valence-electron chi connectivity index (χ3n) is 2.36. The minimum absolute atomic E-state index is 0.287. The molecule has 0 N–H and O–H groups in total. The van der Waals surface area contributed by atoms with Crippen LogP contribution in [0, 0.1) is 0 Å². The molecule has 0 radical (unpaired) electrons. The lowest BCUT2D eigenvalue weighted by Crippen LogP contribution is -2.21. The maximum absolute atomic E-state index is 5.36. The molecule has 0 saturated heterocycles. The number of rotatable bonds is 3. The molecule has 0 unspecified atom stereocenters.